The van der Waals surface area contributed by atoms with Crippen molar-refractivity contribution in [3.05, 3.63) is 24.3 Å². The van der Waals surface area contributed by atoms with E-state index in [1.807, 2.05) is 0 Å². The summed E-state index contributed by atoms with van der Waals surface area (Å²) in [6.07, 6.45) is 3.04. The first-order chi connectivity index (χ1) is 9.48. The summed E-state index contributed by atoms with van der Waals surface area (Å²) in [6, 6.07) is 6.73. The maximum absolute atomic E-state index is 11.9. The molecule has 108 valence electrons. The van der Waals surface area contributed by atoms with Gasteiger partial charge in [-0.2, -0.15) is 0 Å². The number of amides is 1. The highest BCUT2D eigenvalue weighted by atomic mass is 16.5. The molecule has 1 saturated carbocycles. The van der Waals surface area contributed by atoms with Gasteiger partial charge in [-0.1, -0.05) is 12.1 Å². The van der Waals surface area contributed by atoms with E-state index in [1.165, 1.54) is 0 Å². The summed E-state index contributed by atoms with van der Waals surface area (Å²) in [4.78, 5) is 22.5. The van der Waals surface area contributed by atoms with Gasteiger partial charge in [0.25, 0.3) is 0 Å². The van der Waals surface area contributed by atoms with Gasteiger partial charge in [0.2, 0.25) is 5.91 Å². The van der Waals surface area contributed by atoms with Gasteiger partial charge in [0, 0.05) is 12.0 Å². The molecule has 6 heteroatoms. The van der Waals surface area contributed by atoms with Gasteiger partial charge in [-0.25, -0.2) is 4.79 Å². The molecule has 2 rings (SSSR count). The Balaban J connectivity index is 1.97. The average Bonchev–Trinajstić information content (AvgIpc) is 2.35. The molecule has 0 heterocycles. The quantitative estimate of drug-likeness (QED) is 0.729. The highest BCUT2D eigenvalue weighted by molar-refractivity contribution is 5.93. The monoisotopic (exact) mass is 278 g/mol. The molecule has 20 heavy (non-hydrogen) atoms. The second-order valence-electron chi connectivity index (χ2n) is 5.12. The predicted octanol–water partition coefficient (Wildman–Crippen LogP) is 1.36. The number of rotatable bonds is 6. The second kappa shape index (κ2) is 5.92. The van der Waals surface area contributed by atoms with Gasteiger partial charge < -0.3 is 20.9 Å². The van der Waals surface area contributed by atoms with Crippen LogP contribution in [-0.2, 0) is 9.59 Å². The molecular weight excluding hydrogens is 260 g/mol. The third-order valence-corrected chi connectivity index (χ3v) is 3.37. The summed E-state index contributed by atoms with van der Waals surface area (Å²) in [5.41, 5.74) is 6.10. The minimum absolute atomic E-state index is 0.182. The summed E-state index contributed by atoms with van der Waals surface area (Å²) >= 11 is 0. The lowest BCUT2D eigenvalue weighted by molar-refractivity contribution is -0.139. The number of hydrogen-bond donors (Lipinski definition) is 3. The molecule has 0 spiro atoms. The number of benzene rings is 1. The Morgan fingerprint density at radius 2 is 2.05 bits per heavy atom. The van der Waals surface area contributed by atoms with E-state index in [-0.39, 0.29) is 17.9 Å². The fourth-order valence-electron chi connectivity index (χ4n) is 2.16. The fraction of sp³-hybridized carbons (Fsp3) is 0.429. The highest BCUT2D eigenvalue weighted by Crippen LogP contribution is 2.33. The molecule has 1 aromatic rings. The van der Waals surface area contributed by atoms with E-state index in [0.29, 0.717) is 11.4 Å². The molecular formula is C14H18N2O4. The number of para-hydroxylation sites is 2. The topological polar surface area (TPSA) is 102 Å². The number of anilines is 1. The van der Waals surface area contributed by atoms with Crippen molar-refractivity contribution < 1.29 is 19.4 Å². The zero-order chi connectivity index (χ0) is 14.6. The van der Waals surface area contributed by atoms with Gasteiger partial charge in [0.1, 0.15) is 5.75 Å². The van der Waals surface area contributed by atoms with E-state index in [2.05, 4.69) is 5.32 Å². The molecule has 1 aromatic carbocycles. The molecule has 1 aliphatic carbocycles. The van der Waals surface area contributed by atoms with Crippen LogP contribution in [0, 0.1) is 0 Å². The smallest absolute Gasteiger partial charge is 0.341 e. The van der Waals surface area contributed by atoms with Crippen molar-refractivity contribution in [2.24, 2.45) is 5.73 Å². The number of aliphatic carboxylic acids is 1. The van der Waals surface area contributed by atoms with E-state index in [0.717, 1.165) is 19.3 Å². The maximum atomic E-state index is 11.9. The van der Waals surface area contributed by atoms with Crippen molar-refractivity contribution in [3.63, 3.8) is 0 Å². The molecule has 1 fully saturated rings. The van der Waals surface area contributed by atoms with Crippen LogP contribution in [0.15, 0.2) is 24.3 Å². The van der Waals surface area contributed by atoms with Crippen molar-refractivity contribution in [2.75, 3.05) is 11.9 Å². The first-order valence-corrected chi connectivity index (χ1v) is 6.51. The SMILES string of the molecule is NC1(CC(=O)Nc2ccccc2OCC(=O)O)CCC1. The molecule has 0 radical (unpaired) electrons. The Labute approximate surface area is 116 Å². The van der Waals surface area contributed by atoms with E-state index >= 15 is 0 Å². The van der Waals surface area contributed by atoms with Gasteiger partial charge in [-0.05, 0) is 31.4 Å². The second-order valence-corrected chi connectivity index (χ2v) is 5.12. The molecule has 0 atom stereocenters. The van der Waals surface area contributed by atoms with Crippen molar-refractivity contribution in [1.29, 1.82) is 0 Å². The largest absolute Gasteiger partial charge is 0.480 e. The number of carbonyl (C=O) groups is 2. The normalized spacial score (nSPS) is 16.1. The summed E-state index contributed by atoms with van der Waals surface area (Å²) < 4.78 is 5.12. The van der Waals surface area contributed by atoms with Crippen LogP contribution in [0.25, 0.3) is 0 Å². The lowest BCUT2D eigenvalue weighted by atomic mass is 9.75. The number of carbonyl (C=O) groups excluding carboxylic acids is 1. The van der Waals surface area contributed by atoms with Crippen LogP contribution in [0.2, 0.25) is 0 Å². The van der Waals surface area contributed by atoms with E-state index in [1.54, 1.807) is 24.3 Å². The molecule has 6 nitrogen and oxygen atoms in total. The molecule has 1 aliphatic rings. The number of nitrogens with two attached hydrogens (primary N) is 1. The van der Waals surface area contributed by atoms with Crippen LogP contribution in [0.5, 0.6) is 5.75 Å². The minimum Gasteiger partial charge on any atom is -0.480 e. The standard InChI is InChI=1S/C14H18N2O4/c15-14(6-3-7-14)8-12(17)16-10-4-1-2-5-11(10)20-9-13(18)19/h1-2,4-5H,3,6-9,15H2,(H,16,17)(H,18,19). The minimum atomic E-state index is -1.07. The Morgan fingerprint density at radius 3 is 2.65 bits per heavy atom. The van der Waals surface area contributed by atoms with Crippen LogP contribution in [-0.4, -0.2) is 29.1 Å². The number of carboxylic acids is 1. The number of ether oxygens (including phenoxy) is 1. The Bertz CT molecular complexity index is 512. The van der Waals surface area contributed by atoms with Gasteiger partial charge in [-0.15, -0.1) is 0 Å². The fourth-order valence-corrected chi connectivity index (χ4v) is 2.16. The summed E-state index contributed by atoms with van der Waals surface area (Å²) in [6.45, 7) is -0.451. The third-order valence-electron chi connectivity index (χ3n) is 3.37. The zero-order valence-electron chi connectivity index (χ0n) is 11.1. The molecule has 0 saturated heterocycles. The van der Waals surface area contributed by atoms with Gasteiger partial charge in [0.05, 0.1) is 5.69 Å². The third kappa shape index (κ3) is 3.71. The van der Waals surface area contributed by atoms with Gasteiger partial charge in [0.15, 0.2) is 6.61 Å². The van der Waals surface area contributed by atoms with Gasteiger partial charge in [-0.3, -0.25) is 4.79 Å². The Kier molecular flexibility index (Phi) is 4.24. The first-order valence-electron chi connectivity index (χ1n) is 6.51. The summed E-state index contributed by atoms with van der Waals surface area (Å²) in [5.74, 6) is -0.914. The van der Waals surface area contributed by atoms with Crippen molar-refractivity contribution in [1.82, 2.24) is 0 Å². The molecule has 0 bridgehead atoms. The summed E-state index contributed by atoms with van der Waals surface area (Å²) in [7, 11) is 0. The molecule has 4 N–H and O–H groups in total. The van der Waals surface area contributed by atoms with Crippen molar-refractivity contribution in [3.8, 4) is 5.75 Å². The highest BCUT2D eigenvalue weighted by Gasteiger charge is 2.34. The molecule has 0 unspecified atom stereocenters. The van der Waals surface area contributed by atoms with Crippen LogP contribution in [0.1, 0.15) is 25.7 Å². The lowest BCUT2D eigenvalue weighted by Crippen LogP contribution is -2.48. The van der Waals surface area contributed by atoms with E-state index < -0.39 is 12.6 Å². The Hall–Kier alpha value is -2.08. The average molecular weight is 278 g/mol. The number of nitrogens with one attached hydrogen (secondary N) is 1. The van der Waals surface area contributed by atoms with Crippen molar-refractivity contribution >= 4 is 17.6 Å². The number of hydrogen-bond acceptors (Lipinski definition) is 4. The lowest BCUT2D eigenvalue weighted by Gasteiger charge is -2.37. The predicted molar refractivity (Wildman–Crippen MR) is 73.6 cm³/mol. The van der Waals surface area contributed by atoms with Crippen LogP contribution < -0.4 is 15.8 Å². The molecule has 0 aliphatic heterocycles. The zero-order valence-corrected chi connectivity index (χ0v) is 11.1. The maximum Gasteiger partial charge on any atom is 0.341 e. The van der Waals surface area contributed by atoms with E-state index in [4.69, 9.17) is 15.6 Å². The van der Waals surface area contributed by atoms with Crippen LogP contribution in [0.4, 0.5) is 5.69 Å². The van der Waals surface area contributed by atoms with Crippen LogP contribution in [0.3, 0.4) is 0 Å². The van der Waals surface area contributed by atoms with Crippen molar-refractivity contribution in [2.45, 2.75) is 31.2 Å². The van der Waals surface area contributed by atoms with Gasteiger partial charge >= 0.3 is 5.97 Å². The first kappa shape index (κ1) is 14.3. The molecule has 0 aromatic heterocycles. The number of carboxylic acid groups (broad SMARTS) is 1. The van der Waals surface area contributed by atoms with Crippen LogP contribution >= 0.6 is 0 Å². The Morgan fingerprint density at radius 1 is 1.35 bits per heavy atom. The summed E-state index contributed by atoms with van der Waals surface area (Å²) in [5, 5.41) is 11.3. The molecule has 1 amide bonds. The van der Waals surface area contributed by atoms with E-state index in [9.17, 15) is 9.59 Å².